The average Bonchev–Trinajstić information content (AvgIpc) is 2.73. The Kier molecular flexibility index (Phi) is 5.86. The van der Waals surface area contributed by atoms with Gasteiger partial charge in [0.25, 0.3) is 5.91 Å². The van der Waals surface area contributed by atoms with E-state index in [9.17, 15) is 4.79 Å². The van der Waals surface area contributed by atoms with Crippen molar-refractivity contribution in [2.24, 2.45) is 0 Å². The minimum Gasteiger partial charge on any atom is -0.497 e. The lowest BCUT2D eigenvalue weighted by Crippen LogP contribution is -2.48. The first-order valence-corrected chi connectivity index (χ1v) is 8.86. The third kappa shape index (κ3) is 4.01. The minimum absolute atomic E-state index is 0.0138. The summed E-state index contributed by atoms with van der Waals surface area (Å²) in [5.74, 6) is 1.88. The van der Waals surface area contributed by atoms with Crippen molar-refractivity contribution in [2.75, 3.05) is 34.5 Å². The van der Waals surface area contributed by atoms with E-state index in [1.807, 2.05) is 36.1 Å². The van der Waals surface area contributed by atoms with Crippen molar-refractivity contribution in [2.45, 2.75) is 19.1 Å². The lowest BCUT2D eigenvalue weighted by atomic mass is 10.0. The first-order chi connectivity index (χ1) is 13.1. The molecule has 0 N–H and O–H groups in total. The van der Waals surface area contributed by atoms with Crippen LogP contribution in [0.1, 0.15) is 28.9 Å². The van der Waals surface area contributed by atoms with Crippen molar-refractivity contribution in [3.63, 3.8) is 0 Å². The second-order valence-electron chi connectivity index (χ2n) is 6.47. The maximum atomic E-state index is 13.1. The number of methoxy groups -OCH3 is 3. The molecular weight excluding hydrogens is 346 g/mol. The smallest absolute Gasteiger partial charge is 0.254 e. The van der Waals surface area contributed by atoms with Gasteiger partial charge in [-0.15, -0.1) is 0 Å². The molecule has 0 bridgehead atoms. The van der Waals surface area contributed by atoms with E-state index in [-0.39, 0.29) is 18.1 Å². The van der Waals surface area contributed by atoms with E-state index >= 15 is 0 Å². The maximum absolute atomic E-state index is 13.1. The van der Waals surface area contributed by atoms with Crippen LogP contribution in [0.15, 0.2) is 42.5 Å². The van der Waals surface area contributed by atoms with E-state index in [4.69, 9.17) is 18.9 Å². The van der Waals surface area contributed by atoms with Crippen LogP contribution in [0.5, 0.6) is 17.2 Å². The van der Waals surface area contributed by atoms with Crippen LogP contribution in [0.3, 0.4) is 0 Å². The molecule has 6 heteroatoms. The lowest BCUT2D eigenvalue weighted by Gasteiger charge is -2.38. The van der Waals surface area contributed by atoms with Gasteiger partial charge in [-0.1, -0.05) is 12.1 Å². The molecule has 0 aliphatic carbocycles. The summed E-state index contributed by atoms with van der Waals surface area (Å²) in [6.07, 6.45) is -0.170. The van der Waals surface area contributed by atoms with E-state index in [2.05, 4.69) is 0 Å². The molecule has 6 nitrogen and oxygen atoms in total. The van der Waals surface area contributed by atoms with Gasteiger partial charge < -0.3 is 23.8 Å². The van der Waals surface area contributed by atoms with Crippen LogP contribution in [0.4, 0.5) is 0 Å². The van der Waals surface area contributed by atoms with Crippen molar-refractivity contribution >= 4 is 5.91 Å². The monoisotopic (exact) mass is 371 g/mol. The van der Waals surface area contributed by atoms with Crippen molar-refractivity contribution in [3.05, 3.63) is 53.6 Å². The van der Waals surface area contributed by atoms with Gasteiger partial charge in [-0.05, 0) is 42.8 Å². The highest BCUT2D eigenvalue weighted by Crippen LogP contribution is 2.31. The van der Waals surface area contributed by atoms with Crippen molar-refractivity contribution in [1.29, 1.82) is 0 Å². The van der Waals surface area contributed by atoms with Crippen LogP contribution in [-0.4, -0.2) is 51.3 Å². The van der Waals surface area contributed by atoms with Crippen LogP contribution >= 0.6 is 0 Å². The Balaban J connectivity index is 1.80. The molecule has 0 radical (unpaired) electrons. The quantitative estimate of drug-likeness (QED) is 0.807. The Morgan fingerprint density at radius 2 is 1.70 bits per heavy atom. The fourth-order valence-electron chi connectivity index (χ4n) is 3.20. The summed E-state index contributed by atoms with van der Waals surface area (Å²) in [4.78, 5) is 15.0. The highest BCUT2D eigenvalue weighted by molar-refractivity contribution is 5.95. The summed E-state index contributed by atoms with van der Waals surface area (Å²) in [7, 11) is 4.77. The number of nitrogens with zero attached hydrogens (tertiary/aromatic N) is 1. The highest BCUT2D eigenvalue weighted by atomic mass is 16.5. The fraction of sp³-hybridized carbons (Fsp3) is 0.381. The van der Waals surface area contributed by atoms with Gasteiger partial charge in [0.1, 0.15) is 11.9 Å². The molecule has 1 aliphatic rings. The number of morpholine rings is 1. The van der Waals surface area contributed by atoms with Crippen LogP contribution < -0.4 is 14.2 Å². The second-order valence-corrected chi connectivity index (χ2v) is 6.47. The predicted octanol–water partition coefficient (Wildman–Crippen LogP) is 3.31. The summed E-state index contributed by atoms with van der Waals surface area (Å²) in [6.45, 7) is 2.96. The normalized spacial score (nSPS) is 19.5. The number of rotatable bonds is 5. The maximum Gasteiger partial charge on any atom is 0.254 e. The molecule has 2 atom stereocenters. The molecule has 3 rings (SSSR count). The highest BCUT2D eigenvalue weighted by Gasteiger charge is 2.31. The first kappa shape index (κ1) is 19.0. The van der Waals surface area contributed by atoms with Gasteiger partial charge in [-0.3, -0.25) is 4.79 Å². The molecule has 2 unspecified atom stereocenters. The molecule has 0 spiro atoms. The number of ether oxygens (including phenoxy) is 4. The van der Waals surface area contributed by atoms with Crippen LogP contribution in [-0.2, 0) is 4.74 Å². The van der Waals surface area contributed by atoms with E-state index in [0.29, 0.717) is 30.2 Å². The van der Waals surface area contributed by atoms with E-state index in [1.54, 1.807) is 39.5 Å². The molecule has 1 heterocycles. The molecule has 1 aliphatic heterocycles. The Morgan fingerprint density at radius 1 is 1.00 bits per heavy atom. The Hall–Kier alpha value is -2.73. The van der Waals surface area contributed by atoms with Crippen molar-refractivity contribution in [3.8, 4) is 17.2 Å². The molecule has 1 fully saturated rings. The van der Waals surface area contributed by atoms with Gasteiger partial charge in [0.2, 0.25) is 0 Å². The van der Waals surface area contributed by atoms with Gasteiger partial charge in [0, 0.05) is 5.56 Å². The van der Waals surface area contributed by atoms with Gasteiger partial charge in [0.15, 0.2) is 11.5 Å². The van der Waals surface area contributed by atoms with Gasteiger partial charge in [-0.2, -0.15) is 0 Å². The summed E-state index contributed by atoms with van der Waals surface area (Å²) >= 11 is 0. The first-order valence-electron chi connectivity index (χ1n) is 8.86. The molecule has 0 saturated carbocycles. The minimum atomic E-state index is -0.170. The van der Waals surface area contributed by atoms with E-state index < -0.39 is 0 Å². The Labute approximate surface area is 159 Å². The topological polar surface area (TPSA) is 57.2 Å². The summed E-state index contributed by atoms with van der Waals surface area (Å²) < 4.78 is 21.7. The number of carbonyl (C=O) groups is 1. The third-order valence-corrected chi connectivity index (χ3v) is 4.81. The van der Waals surface area contributed by atoms with Gasteiger partial charge >= 0.3 is 0 Å². The SMILES string of the molecule is COc1ccc(C2CN(C(=O)c3ccc(OC)c(OC)c3)C(C)CO2)cc1. The zero-order valence-corrected chi connectivity index (χ0v) is 16.1. The third-order valence-electron chi connectivity index (χ3n) is 4.81. The van der Waals surface area contributed by atoms with Crippen molar-refractivity contribution in [1.82, 2.24) is 4.90 Å². The fourth-order valence-corrected chi connectivity index (χ4v) is 3.20. The van der Waals surface area contributed by atoms with E-state index in [1.165, 1.54) is 0 Å². The molecule has 2 aromatic rings. The molecule has 27 heavy (non-hydrogen) atoms. The zero-order valence-electron chi connectivity index (χ0n) is 16.1. The number of benzene rings is 2. The summed E-state index contributed by atoms with van der Waals surface area (Å²) in [5.41, 5.74) is 1.59. The summed E-state index contributed by atoms with van der Waals surface area (Å²) in [5, 5.41) is 0. The number of hydrogen-bond acceptors (Lipinski definition) is 5. The zero-order chi connectivity index (χ0) is 19.4. The molecule has 2 aromatic carbocycles. The molecule has 0 aromatic heterocycles. The molecule has 1 saturated heterocycles. The van der Waals surface area contributed by atoms with Crippen LogP contribution in [0, 0.1) is 0 Å². The van der Waals surface area contributed by atoms with Crippen LogP contribution in [0.25, 0.3) is 0 Å². The van der Waals surface area contributed by atoms with Gasteiger partial charge in [-0.25, -0.2) is 0 Å². The van der Waals surface area contributed by atoms with Crippen molar-refractivity contribution < 1.29 is 23.7 Å². The lowest BCUT2D eigenvalue weighted by molar-refractivity contribution is -0.0486. The van der Waals surface area contributed by atoms with E-state index in [0.717, 1.165) is 11.3 Å². The largest absolute Gasteiger partial charge is 0.497 e. The van der Waals surface area contributed by atoms with Crippen LogP contribution in [0.2, 0.25) is 0 Å². The average molecular weight is 371 g/mol. The summed E-state index contributed by atoms with van der Waals surface area (Å²) in [6, 6.07) is 12.9. The Morgan fingerprint density at radius 3 is 2.33 bits per heavy atom. The van der Waals surface area contributed by atoms with Gasteiger partial charge in [0.05, 0.1) is 40.5 Å². The second kappa shape index (κ2) is 8.31. The predicted molar refractivity (Wildman–Crippen MR) is 102 cm³/mol. The Bertz CT molecular complexity index is 790. The number of hydrogen-bond donors (Lipinski definition) is 0. The molecular formula is C21H25NO5. The standard InChI is InChI=1S/C21H25NO5/c1-14-13-27-20(15-5-8-17(24-2)9-6-15)12-22(14)21(23)16-7-10-18(25-3)19(11-16)26-4/h5-11,14,20H,12-13H2,1-4H3. The number of carbonyl (C=O) groups excluding carboxylic acids is 1. The number of amides is 1. The molecule has 1 amide bonds. The molecule has 144 valence electrons.